The molecule has 0 saturated heterocycles. The summed E-state index contributed by atoms with van der Waals surface area (Å²) in [6, 6.07) is 6.03. The zero-order chi connectivity index (χ0) is 8.72. The Morgan fingerprint density at radius 2 is 2.08 bits per heavy atom. The lowest BCUT2D eigenvalue weighted by atomic mass is 10.2. The summed E-state index contributed by atoms with van der Waals surface area (Å²) in [5.41, 5.74) is 8.75. The first-order valence-corrected chi connectivity index (χ1v) is 4.50. The van der Waals surface area contributed by atoms with Crippen LogP contribution >= 0.6 is 15.9 Å². The van der Waals surface area contributed by atoms with E-state index < -0.39 is 0 Å². The van der Waals surface area contributed by atoms with Crippen LogP contribution in [0.4, 0.5) is 5.69 Å². The molecule has 0 aliphatic rings. The molecule has 3 N–H and O–H groups in total. The number of halogens is 1. The molecular weight excluding hydrogens is 216 g/mol. The summed E-state index contributed by atoms with van der Waals surface area (Å²) in [6.45, 7) is 2.02. The van der Waals surface area contributed by atoms with Gasteiger partial charge in [-0.2, -0.15) is 0 Å². The average Bonchev–Trinajstić information content (AvgIpc) is 2.29. The van der Waals surface area contributed by atoms with E-state index in [9.17, 15) is 0 Å². The van der Waals surface area contributed by atoms with Crippen molar-refractivity contribution in [3.8, 4) is 0 Å². The Hall–Kier alpha value is -0.960. The fourth-order valence-corrected chi connectivity index (χ4v) is 1.87. The maximum atomic E-state index is 5.81. The van der Waals surface area contributed by atoms with Gasteiger partial charge in [-0.1, -0.05) is 15.9 Å². The van der Waals surface area contributed by atoms with Gasteiger partial charge in [0.25, 0.3) is 0 Å². The first-order chi connectivity index (χ1) is 5.66. The number of rotatable bonds is 0. The summed E-state index contributed by atoms with van der Waals surface area (Å²) in [4.78, 5) is 3.21. The van der Waals surface area contributed by atoms with Crippen molar-refractivity contribution in [3.63, 3.8) is 0 Å². The second-order valence-electron chi connectivity index (χ2n) is 2.91. The lowest BCUT2D eigenvalue weighted by Gasteiger charge is -1.96. The van der Waals surface area contributed by atoms with E-state index >= 15 is 0 Å². The molecule has 1 aromatic heterocycles. The third-order valence-corrected chi connectivity index (χ3v) is 2.32. The third kappa shape index (κ3) is 1.10. The van der Waals surface area contributed by atoms with Crippen LogP contribution in [0.25, 0.3) is 10.9 Å². The van der Waals surface area contributed by atoms with Gasteiger partial charge in [-0.15, -0.1) is 0 Å². The van der Waals surface area contributed by atoms with Crippen LogP contribution in [0.1, 0.15) is 5.69 Å². The SMILES string of the molecule is Cc1cc2cc(Br)cc(N)c2[nH]1. The maximum Gasteiger partial charge on any atom is 0.0690 e. The summed E-state index contributed by atoms with van der Waals surface area (Å²) in [5, 5.41) is 1.15. The Bertz CT molecular complexity index is 431. The van der Waals surface area contributed by atoms with Crippen LogP contribution < -0.4 is 5.73 Å². The Labute approximate surface area is 78.9 Å². The first kappa shape index (κ1) is 7.68. The number of H-pyrrole nitrogens is 1. The normalized spacial score (nSPS) is 10.8. The fourth-order valence-electron chi connectivity index (χ4n) is 1.37. The predicted octanol–water partition coefficient (Wildman–Crippen LogP) is 2.82. The summed E-state index contributed by atoms with van der Waals surface area (Å²) in [7, 11) is 0. The molecule has 12 heavy (non-hydrogen) atoms. The van der Waals surface area contributed by atoms with Crippen LogP contribution in [0, 0.1) is 6.92 Å². The largest absolute Gasteiger partial charge is 0.397 e. The lowest BCUT2D eigenvalue weighted by molar-refractivity contribution is 1.30. The molecule has 1 aromatic carbocycles. The molecule has 0 aliphatic heterocycles. The molecule has 0 fully saturated rings. The summed E-state index contributed by atoms with van der Waals surface area (Å²) in [5.74, 6) is 0. The maximum absolute atomic E-state index is 5.81. The van der Waals surface area contributed by atoms with Crippen LogP contribution in [0.2, 0.25) is 0 Å². The molecule has 0 bridgehead atoms. The van der Waals surface area contributed by atoms with Crippen LogP contribution in [0.5, 0.6) is 0 Å². The van der Waals surface area contributed by atoms with Crippen molar-refractivity contribution in [2.45, 2.75) is 6.92 Å². The molecular formula is C9H9BrN2. The van der Waals surface area contributed by atoms with E-state index in [0.29, 0.717) is 0 Å². The third-order valence-electron chi connectivity index (χ3n) is 1.86. The van der Waals surface area contributed by atoms with E-state index in [1.807, 2.05) is 13.0 Å². The molecule has 1 heterocycles. The highest BCUT2D eigenvalue weighted by Crippen LogP contribution is 2.25. The first-order valence-electron chi connectivity index (χ1n) is 3.71. The predicted molar refractivity (Wildman–Crippen MR) is 55.1 cm³/mol. The van der Waals surface area contributed by atoms with Crippen LogP contribution in [-0.2, 0) is 0 Å². The number of aromatic nitrogens is 1. The minimum atomic E-state index is 0.785. The Morgan fingerprint density at radius 3 is 2.83 bits per heavy atom. The number of hydrogen-bond donors (Lipinski definition) is 2. The van der Waals surface area contributed by atoms with Crippen molar-refractivity contribution in [3.05, 3.63) is 28.4 Å². The number of benzene rings is 1. The number of nitrogens with one attached hydrogen (secondary N) is 1. The molecule has 0 atom stereocenters. The standard InChI is InChI=1S/C9H9BrN2/c1-5-2-6-3-7(10)4-8(11)9(6)12-5/h2-4,12H,11H2,1H3. The molecule has 0 radical (unpaired) electrons. The van der Waals surface area contributed by atoms with Gasteiger partial charge in [0.1, 0.15) is 0 Å². The Balaban J connectivity index is 2.88. The minimum absolute atomic E-state index is 0.785. The molecule has 62 valence electrons. The minimum Gasteiger partial charge on any atom is -0.397 e. The van der Waals surface area contributed by atoms with E-state index in [1.165, 1.54) is 0 Å². The Kier molecular flexibility index (Phi) is 1.61. The van der Waals surface area contributed by atoms with E-state index in [2.05, 4.69) is 33.0 Å². The molecule has 2 rings (SSSR count). The van der Waals surface area contributed by atoms with Crippen LogP contribution in [-0.4, -0.2) is 4.98 Å². The number of fused-ring (bicyclic) bond motifs is 1. The summed E-state index contributed by atoms with van der Waals surface area (Å²) < 4.78 is 1.02. The number of hydrogen-bond acceptors (Lipinski definition) is 1. The second kappa shape index (κ2) is 2.52. The second-order valence-corrected chi connectivity index (χ2v) is 3.83. The molecule has 0 amide bonds. The lowest BCUT2D eigenvalue weighted by Crippen LogP contribution is -1.85. The van der Waals surface area contributed by atoms with Gasteiger partial charge in [0.2, 0.25) is 0 Å². The monoisotopic (exact) mass is 224 g/mol. The van der Waals surface area contributed by atoms with Gasteiger partial charge in [-0.3, -0.25) is 0 Å². The van der Waals surface area contributed by atoms with Gasteiger partial charge in [-0.25, -0.2) is 0 Å². The van der Waals surface area contributed by atoms with Crippen molar-refractivity contribution in [2.24, 2.45) is 0 Å². The van der Waals surface area contributed by atoms with Crippen molar-refractivity contribution < 1.29 is 0 Å². The van der Waals surface area contributed by atoms with E-state index in [1.54, 1.807) is 0 Å². The zero-order valence-corrected chi connectivity index (χ0v) is 8.27. The topological polar surface area (TPSA) is 41.8 Å². The molecule has 2 nitrogen and oxygen atoms in total. The summed E-state index contributed by atoms with van der Waals surface area (Å²) in [6.07, 6.45) is 0. The van der Waals surface area contributed by atoms with Crippen molar-refractivity contribution in [1.82, 2.24) is 4.98 Å². The van der Waals surface area contributed by atoms with Gasteiger partial charge in [0.15, 0.2) is 0 Å². The van der Waals surface area contributed by atoms with Gasteiger partial charge >= 0.3 is 0 Å². The zero-order valence-electron chi connectivity index (χ0n) is 6.69. The van der Waals surface area contributed by atoms with E-state index in [0.717, 1.165) is 26.8 Å². The van der Waals surface area contributed by atoms with Crippen molar-refractivity contribution in [2.75, 3.05) is 5.73 Å². The van der Waals surface area contributed by atoms with Gasteiger partial charge in [-0.05, 0) is 25.1 Å². The molecule has 0 unspecified atom stereocenters. The highest BCUT2D eigenvalue weighted by Gasteiger charge is 2.01. The Morgan fingerprint density at radius 1 is 1.33 bits per heavy atom. The highest BCUT2D eigenvalue weighted by molar-refractivity contribution is 9.10. The number of aromatic amines is 1. The molecule has 0 spiro atoms. The van der Waals surface area contributed by atoms with E-state index in [-0.39, 0.29) is 0 Å². The van der Waals surface area contributed by atoms with Gasteiger partial charge in [0.05, 0.1) is 11.2 Å². The van der Waals surface area contributed by atoms with Gasteiger partial charge < -0.3 is 10.7 Å². The molecule has 3 heteroatoms. The fraction of sp³-hybridized carbons (Fsp3) is 0.111. The number of aryl methyl sites for hydroxylation is 1. The van der Waals surface area contributed by atoms with Crippen LogP contribution in [0.15, 0.2) is 22.7 Å². The average molecular weight is 225 g/mol. The summed E-state index contributed by atoms with van der Waals surface area (Å²) >= 11 is 3.40. The molecule has 2 aromatic rings. The van der Waals surface area contributed by atoms with Gasteiger partial charge in [0, 0.05) is 15.6 Å². The van der Waals surface area contributed by atoms with Crippen molar-refractivity contribution in [1.29, 1.82) is 0 Å². The van der Waals surface area contributed by atoms with Crippen LogP contribution in [0.3, 0.4) is 0 Å². The number of nitrogens with two attached hydrogens (primary N) is 1. The smallest absolute Gasteiger partial charge is 0.0690 e. The number of anilines is 1. The highest BCUT2D eigenvalue weighted by atomic mass is 79.9. The molecule has 0 aliphatic carbocycles. The molecule has 0 saturated carbocycles. The van der Waals surface area contributed by atoms with Crippen molar-refractivity contribution >= 4 is 32.5 Å². The van der Waals surface area contributed by atoms with E-state index in [4.69, 9.17) is 5.73 Å². The number of nitrogen functional groups attached to an aromatic ring is 1. The quantitative estimate of drug-likeness (QED) is 0.665.